The Hall–Kier alpha value is -2.76. The van der Waals surface area contributed by atoms with Gasteiger partial charge < -0.3 is 9.32 Å². The van der Waals surface area contributed by atoms with Crippen molar-refractivity contribution in [3.63, 3.8) is 0 Å². The van der Waals surface area contributed by atoms with Crippen LogP contribution in [0.2, 0.25) is 0 Å². The highest BCUT2D eigenvalue weighted by molar-refractivity contribution is 5.48. The van der Waals surface area contributed by atoms with Crippen molar-refractivity contribution in [2.24, 2.45) is 0 Å². The lowest BCUT2D eigenvalue weighted by atomic mass is 10.1. The summed E-state index contributed by atoms with van der Waals surface area (Å²) in [6, 6.07) is 3.96. The fourth-order valence-electron chi connectivity index (χ4n) is 3.26. The van der Waals surface area contributed by atoms with E-state index in [9.17, 15) is 13.2 Å². The molecular formula is C16H17F3N8O. The molecule has 3 aromatic rings. The van der Waals surface area contributed by atoms with E-state index in [1.54, 1.807) is 4.52 Å². The first kappa shape index (κ1) is 17.3. The molecule has 1 saturated carbocycles. The molecule has 0 atom stereocenters. The van der Waals surface area contributed by atoms with Gasteiger partial charge in [0.2, 0.25) is 5.89 Å². The van der Waals surface area contributed by atoms with Gasteiger partial charge in [-0.15, -0.1) is 25.5 Å². The van der Waals surface area contributed by atoms with Crippen molar-refractivity contribution in [2.75, 3.05) is 25.0 Å². The third-order valence-corrected chi connectivity index (χ3v) is 5.12. The summed E-state index contributed by atoms with van der Waals surface area (Å²) in [6.45, 7) is 1.57. The summed E-state index contributed by atoms with van der Waals surface area (Å²) in [5.74, 6) is 0.818. The number of anilines is 1. The average Bonchev–Trinajstić information content (AvgIpc) is 3.16. The number of hydrogen-bond donors (Lipinski definition) is 0. The number of rotatable bonds is 5. The van der Waals surface area contributed by atoms with Crippen LogP contribution in [0.5, 0.6) is 0 Å². The van der Waals surface area contributed by atoms with Gasteiger partial charge >= 0.3 is 12.1 Å². The molecule has 0 amide bonds. The van der Waals surface area contributed by atoms with E-state index < -0.39 is 12.1 Å². The summed E-state index contributed by atoms with van der Waals surface area (Å²) in [7, 11) is 1.82. The second kappa shape index (κ2) is 6.12. The Labute approximate surface area is 157 Å². The Balaban J connectivity index is 1.23. The van der Waals surface area contributed by atoms with Gasteiger partial charge in [0.15, 0.2) is 11.5 Å². The van der Waals surface area contributed by atoms with Crippen LogP contribution in [-0.2, 0) is 12.7 Å². The molecule has 2 fully saturated rings. The van der Waals surface area contributed by atoms with Gasteiger partial charge in [-0.05, 0) is 32.0 Å². The highest BCUT2D eigenvalue weighted by Crippen LogP contribution is 2.39. The first-order chi connectivity index (χ1) is 13.4. The van der Waals surface area contributed by atoms with Gasteiger partial charge in [0.25, 0.3) is 0 Å². The summed E-state index contributed by atoms with van der Waals surface area (Å²) in [4.78, 5) is 4.00. The van der Waals surface area contributed by atoms with Crippen LogP contribution in [0.15, 0.2) is 16.5 Å². The number of nitrogens with zero attached hydrogens (tertiary/aromatic N) is 8. The Kier molecular flexibility index (Phi) is 3.79. The lowest BCUT2D eigenvalue weighted by Crippen LogP contribution is -2.58. The Bertz CT molecular complexity index is 1000. The van der Waals surface area contributed by atoms with E-state index in [2.05, 4.69) is 30.4 Å². The van der Waals surface area contributed by atoms with E-state index in [4.69, 9.17) is 4.42 Å². The molecule has 0 N–H and O–H groups in total. The van der Waals surface area contributed by atoms with E-state index in [0.717, 1.165) is 30.1 Å². The second-order valence-corrected chi connectivity index (χ2v) is 7.27. The van der Waals surface area contributed by atoms with Gasteiger partial charge in [-0.2, -0.15) is 17.7 Å². The fourth-order valence-corrected chi connectivity index (χ4v) is 3.26. The lowest BCUT2D eigenvalue weighted by molar-refractivity contribution is -0.157. The largest absolute Gasteiger partial charge is 0.470 e. The Morgan fingerprint density at radius 3 is 2.61 bits per heavy atom. The molecule has 1 aliphatic carbocycles. The van der Waals surface area contributed by atoms with Crippen molar-refractivity contribution >= 4 is 11.5 Å². The molecule has 1 saturated heterocycles. The Morgan fingerprint density at radius 2 is 1.93 bits per heavy atom. The maximum Gasteiger partial charge on any atom is 0.470 e. The molecule has 0 aromatic carbocycles. The molecule has 148 valence electrons. The number of fused-ring (bicyclic) bond motifs is 1. The zero-order valence-electron chi connectivity index (χ0n) is 15.0. The molecule has 1 aliphatic heterocycles. The molecule has 3 aromatic heterocycles. The van der Waals surface area contributed by atoms with Gasteiger partial charge in [-0.3, -0.25) is 4.90 Å². The minimum Gasteiger partial charge on any atom is -0.416 e. The summed E-state index contributed by atoms with van der Waals surface area (Å²) in [6.07, 6.45) is -2.38. The first-order valence-corrected chi connectivity index (χ1v) is 8.95. The van der Waals surface area contributed by atoms with Gasteiger partial charge in [-0.25, -0.2) is 0 Å². The van der Waals surface area contributed by atoms with Gasteiger partial charge in [0.05, 0.1) is 6.54 Å². The maximum atomic E-state index is 12.5. The summed E-state index contributed by atoms with van der Waals surface area (Å²) < 4.78 is 44.2. The van der Waals surface area contributed by atoms with Crippen molar-refractivity contribution in [1.82, 2.24) is 34.9 Å². The molecule has 2 aliphatic rings. The predicted octanol–water partition coefficient (Wildman–Crippen LogP) is 1.72. The topological polar surface area (TPSA) is 88.5 Å². The van der Waals surface area contributed by atoms with Gasteiger partial charge in [-0.1, -0.05) is 0 Å². The van der Waals surface area contributed by atoms with Crippen LogP contribution in [0.4, 0.5) is 19.0 Å². The minimum absolute atomic E-state index is 0.0496. The lowest BCUT2D eigenvalue weighted by Gasteiger charge is -2.44. The van der Waals surface area contributed by atoms with Crippen LogP contribution in [0.25, 0.3) is 5.65 Å². The van der Waals surface area contributed by atoms with Crippen LogP contribution in [0.3, 0.4) is 0 Å². The van der Waals surface area contributed by atoms with Crippen LogP contribution in [-0.4, -0.2) is 61.1 Å². The number of hydrogen-bond acceptors (Lipinski definition) is 8. The van der Waals surface area contributed by atoms with Crippen molar-refractivity contribution in [1.29, 1.82) is 0 Å². The van der Waals surface area contributed by atoms with Gasteiger partial charge in [0.1, 0.15) is 5.82 Å². The van der Waals surface area contributed by atoms with Crippen LogP contribution >= 0.6 is 0 Å². The SMILES string of the molecule is CN(Cc1nnc(C(F)(F)F)o1)C1CN(c2ccc3nnc(C4CC4)n3n2)C1. The van der Waals surface area contributed by atoms with Crippen molar-refractivity contribution in [3.05, 3.63) is 29.7 Å². The van der Waals surface area contributed by atoms with Crippen LogP contribution in [0.1, 0.15) is 36.4 Å². The molecular weight excluding hydrogens is 377 g/mol. The molecule has 9 nitrogen and oxygen atoms in total. The zero-order valence-corrected chi connectivity index (χ0v) is 15.0. The first-order valence-electron chi connectivity index (χ1n) is 8.95. The molecule has 12 heteroatoms. The highest BCUT2D eigenvalue weighted by Gasteiger charge is 2.39. The van der Waals surface area contributed by atoms with Gasteiger partial charge in [0, 0.05) is 25.0 Å². The average molecular weight is 394 g/mol. The predicted molar refractivity (Wildman–Crippen MR) is 89.5 cm³/mol. The number of alkyl halides is 3. The highest BCUT2D eigenvalue weighted by atomic mass is 19.4. The summed E-state index contributed by atoms with van der Waals surface area (Å²) >= 11 is 0. The minimum atomic E-state index is -4.62. The number of halogens is 3. The van der Waals surface area contributed by atoms with E-state index >= 15 is 0 Å². The van der Waals surface area contributed by atoms with Crippen LogP contribution < -0.4 is 4.90 Å². The monoisotopic (exact) mass is 394 g/mol. The molecule has 5 rings (SSSR count). The third-order valence-electron chi connectivity index (χ3n) is 5.12. The number of likely N-dealkylation sites (N-methyl/N-ethyl adjacent to an activating group) is 1. The molecule has 4 heterocycles. The van der Waals surface area contributed by atoms with E-state index in [0.29, 0.717) is 19.0 Å². The fraction of sp³-hybridized carbons (Fsp3) is 0.562. The molecule has 0 bridgehead atoms. The molecule has 0 radical (unpaired) electrons. The molecule has 28 heavy (non-hydrogen) atoms. The Morgan fingerprint density at radius 1 is 1.14 bits per heavy atom. The standard InChI is InChI=1S/C16H17F3N8O/c1-25(8-13-21-23-15(28-13)16(17,18)19)10-6-26(7-10)12-5-4-11-20-22-14(9-2-3-9)27(11)24-12/h4-5,9-10H,2-3,6-8H2,1H3. The smallest absolute Gasteiger partial charge is 0.416 e. The van der Waals surface area contributed by atoms with E-state index in [-0.39, 0.29) is 18.5 Å². The molecule has 0 spiro atoms. The van der Waals surface area contributed by atoms with Crippen molar-refractivity contribution in [3.8, 4) is 0 Å². The van der Waals surface area contributed by atoms with E-state index in [1.165, 1.54) is 0 Å². The van der Waals surface area contributed by atoms with E-state index in [1.807, 2.05) is 24.1 Å². The second-order valence-electron chi connectivity index (χ2n) is 7.27. The zero-order chi connectivity index (χ0) is 19.5. The maximum absolute atomic E-state index is 12.5. The summed E-state index contributed by atoms with van der Waals surface area (Å²) in [5.41, 5.74) is 0.733. The normalized spacial score (nSPS) is 18.2. The third kappa shape index (κ3) is 3.07. The quantitative estimate of drug-likeness (QED) is 0.647. The molecule has 0 unspecified atom stereocenters. The van der Waals surface area contributed by atoms with Crippen molar-refractivity contribution < 1.29 is 17.6 Å². The van der Waals surface area contributed by atoms with Crippen LogP contribution in [0, 0.1) is 0 Å². The number of aromatic nitrogens is 6. The van der Waals surface area contributed by atoms with Crippen molar-refractivity contribution in [2.45, 2.75) is 37.5 Å². The summed E-state index contributed by atoms with van der Waals surface area (Å²) in [5, 5.41) is 19.6.